The number of nitrogens with two attached hydrogens (primary N) is 1. The average molecular weight is 187 g/mol. The van der Waals surface area contributed by atoms with Gasteiger partial charge in [-0.25, -0.2) is 0 Å². The zero-order valence-corrected chi connectivity index (χ0v) is 8.84. The third-order valence-electron chi connectivity index (χ3n) is 1.83. The summed E-state index contributed by atoms with van der Waals surface area (Å²) in [4.78, 5) is 13.2. The molecule has 13 heavy (non-hydrogen) atoms. The van der Waals surface area contributed by atoms with Crippen LogP contribution in [0.2, 0.25) is 0 Å². The van der Waals surface area contributed by atoms with E-state index in [2.05, 4.69) is 10.2 Å². The highest BCUT2D eigenvalue weighted by Crippen LogP contribution is 1.89. The highest BCUT2D eigenvalue weighted by atomic mass is 16.1. The molecule has 3 N–H and O–H groups in total. The second-order valence-electron chi connectivity index (χ2n) is 3.54. The Kier molecular flexibility index (Phi) is 6.54. The lowest BCUT2D eigenvalue weighted by Gasteiger charge is -2.16. The van der Waals surface area contributed by atoms with Crippen molar-refractivity contribution in [1.82, 2.24) is 10.2 Å². The molecule has 0 aromatic carbocycles. The highest BCUT2D eigenvalue weighted by Gasteiger charge is 2.05. The van der Waals surface area contributed by atoms with Crippen LogP contribution in [0.15, 0.2) is 0 Å². The Bertz CT molecular complexity index is 148. The van der Waals surface area contributed by atoms with Gasteiger partial charge in [0.15, 0.2) is 0 Å². The van der Waals surface area contributed by atoms with E-state index in [4.69, 9.17) is 5.73 Å². The monoisotopic (exact) mass is 187 g/mol. The lowest BCUT2D eigenvalue weighted by atomic mass is 10.2. The fourth-order valence-corrected chi connectivity index (χ4v) is 0.906. The number of amides is 1. The molecule has 0 aromatic heterocycles. The lowest BCUT2D eigenvalue weighted by Crippen LogP contribution is -2.36. The number of carbonyl (C=O) groups excluding carboxylic acids is 1. The minimum atomic E-state index is 0.0693. The second kappa shape index (κ2) is 6.86. The first-order valence-electron chi connectivity index (χ1n) is 4.74. The Morgan fingerprint density at radius 2 is 2.08 bits per heavy atom. The first kappa shape index (κ1) is 12.4. The molecule has 0 bridgehead atoms. The quantitative estimate of drug-likeness (QED) is 0.597. The normalized spacial score (nSPS) is 10.9. The number of nitrogens with zero attached hydrogens (tertiary/aromatic N) is 1. The van der Waals surface area contributed by atoms with E-state index in [0.717, 1.165) is 13.1 Å². The van der Waals surface area contributed by atoms with Crippen molar-refractivity contribution in [3.63, 3.8) is 0 Å². The smallest absolute Gasteiger partial charge is 0.222 e. The van der Waals surface area contributed by atoms with Crippen molar-refractivity contribution in [2.45, 2.75) is 13.8 Å². The molecular weight excluding hydrogens is 166 g/mol. The van der Waals surface area contributed by atoms with E-state index in [9.17, 15) is 4.79 Å². The zero-order valence-electron chi connectivity index (χ0n) is 8.84. The molecule has 0 aliphatic rings. The SMILES string of the molecule is CC(C)C(=O)NCCN(C)CCN. The molecule has 0 rings (SSSR count). The van der Waals surface area contributed by atoms with Gasteiger partial charge in [0.2, 0.25) is 5.91 Å². The molecule has 0 saturated carbocycles. The second-order valence-corrected chi connectivity index (χ2v) is 3.54. The minimum absolute atomic E-state index is 0.0693. The van der Waals surface area contributed by atoms with Crippen molar-refractivity contribution < 1.29 is 4.79 Å². The predicted octanol–water partition coefficient (Wildman–Crippen LogP) is -0.351. The maximum Gasteiger partial charge on any atom is 0.222 e. The molecule has 4 nitrogen and oxygen atoms in total. The largest absolute Gasteiger partial charge is 0.355 e. The fraction of sp³-hybridized carbons (Fsp3) is 0.889. The third kappa shape index (κ3) is 6.54. The standard InChI is InChI=1S/C9H21N3O/c1-8(2)9(13)11-5-7-12(3)6-4-10/h8H,4-7,10H2,1-3H3,(H,11,13). The number of carbonyl (C=O) groups is 1. The van der Waals surface area contributed by atoms with Gasteiger partial charge in [-0.15, -0.1) is 0 Å². The maximum atomic E-state index is 11.1. The molecule has 0 atom stereocenters. The van der Waals surface area contributed by atoms with Crippen LogP contribution in [0.4, 0.5) is 0 Å². The van der Waals surface area contributed by atoms with E-state index < -0.39 is 0 Å². The van der Waals surface area contributed by atoms with Gasteiger partial charge in [-0.3, -0.25) is 4.79 Å². The Labute approximate surface area is 80.5 Å². The first-order valence-corrected chi connectivity index (χ1v) is 4.74. The highest BCUT2D eigenvalue weighted by molar-refractivity contribution is 5.77. The summed E-state index contributed by atoms with van der Waals surface area (Å²) in [6, 6.07) is 0. The number of hydrogen-bond donors (Lipinski definition) is 2. The molecule has 0 aliphatic carbocycles. The minimum Gasteiger partial charge on any atom is -0.355 e. The van der Waals surface area contributed by atoms with E-state index >= 15 is 0 Å². The van der Waals surface area contributed by atoms with Gasteiger partial charge >= 0.3 is 0 Å². The van der Waals surface area contributed by atoms with Gasteiger partial charge in [0.25, 0.3) is 0 Å². The molecule has 78 valence electrons. The molecule has 0 aromatic rings. The Hall–Kier alpha value is -0.610. The van der Waals surface area contributed by atoms with Crippen molar-refractivity contribution in [2.24, 2.45) is 11.7 Å². The van der Waals surface area contributed by atoms with Crippen LogP contribution < -0.4 is 11.1 Å². The molecule has 1 amide bonds. The average Bonchev–Trinajstić information content (AvgIpc) is 2.04. The summed E-state index contributed by atoms with van der Waals surface area (Å²) >= 11 is 0. The Morgan fingerprint density at radius 3 is 2.54 bits per heavy atom. The summed E-state index contributed by atoms with van der Waals surface area (Å²) in [6.45, 7) is 6.87. The molecule has 0 unspecified atom stereocenters. The van der Waals surface area contributed by atoms with Crippen molar-refractivity contribution in [2.75, 3.05) is 33.2 Å². The van der Waals surface area contributed by atoms with E-state index in [0.29, 0.717) is 13.1 Å². The van der Waals surface area contributed by atoms with Crippen LogP contribution in [0.3, 0.4) is 0 Å². The van der Waals surface area contributed by atoms with Gasteiger partial charge in [0, 0.05) is 32.1 Å². The van der Waals surface area contributed by atoms with Crippen LogP contribution in [-0.2, 0) is 4.79 Å². The van der Waals surface area contributed by atoms with Crippen LogP contribution >= 0.6 is 0 Å². The van der Waals surface area contributed by atoms with Gasteiger partial charge < -0.3 is 16.0 Å². The first-order chi connectivity index (χ1) is 6.07. The van der Waals surface area contributed by atoms with Gasteiger partial charge in [0.05, 0.1) is 0 Å². The number of nitrogens with one attached hydrogen (secondary N) is 1. The van der Waals surface area contributed by atoms with Crippen LogP contribution in [0.1, 0.15) is 13.8 Å². The predicted molar refractivity (Wildman–Crippen MR) is 54.4 cm³/mol. The molecule has 0 aliphatic heterocycles. The fourth-order valence-electron chi connectivity index (χ4n) is 0.906. The van der Waals surface area contributed by atoms with Gasteiger partial charge in [0.1, 0.15) is 0 Å². The van der Waals surface area contributed by atoms with Gasteiger partial charge in [-0.1, -0.05) is 13.8 Å². The van der Waals surface area contributed by atoms with Gasteiger partial charge in [-0.2, -0.15) is 0 Å². The van der Waals surface area contributed by atoms with Crippen LogP contribution in [-0.4, -0.2) is 44.0 Å². The topological polar surface area (TPSA) is 58.4 Å². The van der Waals surface area contributed by atoms with E-state index in [1.54, 1.807) is 0 Å². The molecule has 0 fully saturated rings. The van der Waals surface area contributed by atoms with Crippen molar-refractivity contribution in [1.29, 1.82) is 0 Å². The van der Waals surface area contributed by atoms with Crippen LogP contribution in [0.25, 0.3) is 0 Å². The summed E-state index contributed by atoms with van der Waals surface area (Å²) < 4.78 is 0. The third-order valence-corrected chi connectivity index (χ3v) is 1.83. The molecule has 4 heteroatoms. The Balaban J connectivity index is 3.39. The Morgan fingerprint density at radius 1 is 1.46 bits per heavy atom. The summed E-state index contributed by atoms with van der Waals surface area (Å²) in [5.41, 5.74) is 5.38. The molecule has 0 heterocycles. The molecular formula is C9H21N3O. The zero-order chi connectivity index (χ0) is 10.3. The number of rotatable bonds is 6. The maximum absolute atomic E-state index is 11.1. The van der Waals surface area contributed by atoms with E-state index in [1.165, 1.54) is 0 Å². The van der Waals surface area contributed by atoms with Crippen molar-refractivity contribution in [3.05, 3.63) is 0 Å². The summed E-state index contributed by atoms with van der Waals surface area (Å²) in [5, 5.41) is 2.85. The number of hydrogen-bond acceptors (Lipinski definition) is 3. The van der Waals surface area contributed by atoms with E-state index in [1.807, 2.05) is 20.9 Å². The number of likely N-dealkylation sites (N-methyl/N-ethyl adjacent to an activating group) is 1. The summed E-state index contributed by atoms with van der Waals surface area (Å²) in [6.07, 6.45) is 0. The molecule has 0 radical (unpaired) electrons. The van der Waals surface area contributed by atoms with Crippen molar-refractivity contribution >= 4 is 5.91 Å². The van der Waals surface area contributed by atoms with Crippen LogP contribution in [0, 0.1) is 5.92 Å². The van der Waals surface area contributed by atoms with Crippen molar-refractivity contribution in [3.8, 4) is 0 Å². The summed E-state index contributed by atoms with van der Waals surface area (Å²) in [5.74, 6) is 0.181. The lowest BCUT2D eigenvalue weighted by molar-refractivity contribution is -0.124. The molecule has 0 spiro atoms. The van der Waals surface area contributed by atoms with Gasteiger partial charge in [-0.05, 0) is 7.05 Å². The molecule has 0 saturated heterocycles. The van der Waals surface area contributed by atoms with Crippen LogP contribution in [0.5, 0.6) is 0 Å². The summed E-state index contributed by atoms with van der Waals surface area (Å²) in [7, 11) is 1.99. The van der Waals surface area contributed by atoms with E-state index in [-0.39, 0.29) is 11.8 Å².